The van der Waals surface area contributed by atoms with E-state index < -0.39 is 0 Å². The van der Waals surface area contributed by atoms with Crippen LogP contribution in [0.2, 0.25) is 0 Å². The highest BCUT2D eigenvalue weighted by atomic mass is 79.9. The molecule has 0 aliphatic heterocycles. The smallest absolute Gasteiger partial charge is 0.120 e. The van der Waals surface area contributed by atoms with Gasteiger partial charge in [-0.25, -0.2) is 0 Å². The number of rotatable bonds is 5. The second-order valence-electron chi connectivity index (χ2n) is 4.19. The van der Waals surface area contributed by atoms with Gasteiger partial charge in [-0.3, -0.25) is 0 Å². The average molecular weight is 288 g/mol. The zero-order valence-corrected chi connectivity index (χ0v) is 11.2. The molecule has 1 rings (SSSR count). The monoisotopic (exact) mass is 287 g/mol. The Hall–Kier alpha value is -0.580. The third-order valence-corrected chi connectivity index (χ3v) is 3.09. The third kappa shape index (κ3) is 3.77. The molecule has 1 aromatic carbocycles. The Morgan fingerprint density at radius 3 is 2.62 bits per heavy atom. The molecule has 4 heteroatoms. The van der Waals surface area contributed by atoms with Crippen LogP contribution in [0, 0.1) is 5.92 Å². The maximum atomic E-state index is 9.64. The minimum absolute atomic E-state index is 0.0541. The fraction of sp³-hybridized carbons (Fsp3) is 0.500. The number of halogens is 1. The van der Waals surface area contributed by atoms with E-state index in [1.54, 1.807) is 12.1 Å². The van der Waals surface area contributed by atoms with Crippen LogP contribution in [0.25, 0.3) is 0 Å². The van der Waals surface area contributed by atoms with Crippen LogP contribution in [-0.4, -0.2) is 22.9 Å². The van der Waals surface area contributed by atoms with E-state index in [1.807, 2.05) is 6.07 Å². The van der Waals surface area contributed by atoms with Crippen molar-refractivity contribution in [1.29, 1.82) is 0 Å². The summed E-state index contributed by atoms with van der Waals surface area (Å²) in [5.41, 5.74) is 0.827. The van der Waals surface area contributed by atoms with E-state index in [-0.39, 0.29) is 18.4 Å². The first kappa shape index (κ1) is 13.5. The molecule has 0 spiro atoms. The van der Waals surface area contributed by atoms with E-state index in [4.69, 9.17) is 5.11 Å². The molecule has 0 amide bonds. The van der Waals surface area contributed by atoms with Crippen molar-refractivity contribution in [2.75, 3.05) is 6.61 Å². The molecule has 0 saturated carbocycles. The number of hydrogen-bond donors (Lipinski definition) is 3. The lowest BCUT2D eigenvalue weighted by atomic mass is 10.0. The number of aliphatic hydroxyl groups excluding tert-OH is 1. The molecule has 1 atom stereocenters. The molecule has 90 valence electrons. The first-order valence-corrected chi connectivity index (χ1v) is 6.15. The normalized spacial score (nSPS) is 13.1. The number of benzene rings is 1. The predicted octanol–water partition coefficient (Wildman–Crippen LogP) is 2.26. The van der Waals surface area contributed by atoms with Gasteiger partial charge in [0.25, 0.3) is 0 Å². The summed E-state index contributed by atoms with van der Waals surface area (Å²) in [7, 11) is 0. The Bertz CT molecular complexity index is 342. The van der Waals surface area contributed by atoms with Crippen LogP contribution < -0.4 is 5.32 Å². The van der Waals surface area contributed by atoms with Crippen molar-refractivity contribution in [2.24, 2.45) is 5.92 Å². The Labute approximate surface area is 105 Å². The lowest BCUT2D eigenvalue weighted by molar-refractivity contribution is 0.209. The van der Waals surface area contributed by atoms with Crippen molar-refractivity contribution in [3.8, 4) is 5.75 Å². The average Bonchev–Trinajstić information content (AvgIpc) is 2.23. The fourth-order valence-electron chi connectivity index (χ4n) is 1.45. The zero-order valence-electron chi connectivity index (χ0n) is 9.57. The molecule has 0 saturated heterocycles. The van der Waals surface area contributed by atoms with Crippen LogP contribution in [-0.2, 0) is 6.54 Å². The van der Waals surface area contributed by atoms with Gasteiger partial charge in [0.1, 0.15) is 5.75 Å². The van der Waals surface area contributed by atoms with Gasteiger partial charge >= 0.3 is 0 Å². The zero-order chi connectivity index (χ0) is 12.1. The number of nitrogens with one attached hydrogen (secondary N) is 1. The Balaban J connectivity index is 2.63. The molecule has 0 aliphatic rings. The van der Waals surface area contributed by atoms with E-state index in [0.717, 1.165) is 10.0 Å². The summed E-state index contributed by atoms with van der Waals surface area (Å²) in [5, 5.41) is 22.0. The van der Waals surface area contributed by atoms with Gasteiger partial charge in [-0.05, 0) is 24.1 Å². The van der Waals surface area contributed by atoms with Crippen LogP contribution >= 0.6 is 15.9 Å². The molecular weight excluding hydrogens is 270 g/mol. The molecule has 3 N–H and O–H groups in total. The number of hydrogen-bond acceptors (Lipinski definition) is 3. The lowest BCUT2D eigenvalue weighted by Crippen LogP contribution is -2.36. The topological polar surface area (TPSA) is 52.5 Å². The quantitative estimate of drug-likeness (QED) is 0.779. The second kappa shape index (κ2) is 6.23. The molecule has 3 nitrogen and oxygen atoms in total. The summed E-state index contributed by atoms with van der Waals surface area (Å²) in [4.78, 5) is 0. The molecular formula is C12H18BrNO2. The Kier molecular flexibility index (Phi) is 5.25. The predicted molar refractivity (Wildman–Crippen MR) is 68.4 cm³/mol. The summed E-state index contributed by atoms with van der Waals surface area (Å²) < 4.78 is 0.937. The number of phenolic OH excluding ortho intramolecular Hbond substituents is 1. The van der Waals surface area contributed by atoms with Crippen LogP contribution in [0.3, 0.4) is 0 Å². The molecule has 0 heterocycles. The molecule has 0 bridgehead atoms. The molecule has 0 aliphatic carbocycles. The highest BCUT2D eigenvalue weighted by molar-refractivity contribution is 9.10. The highest BCUT2D eigenvalue weighted by Gasteiger charge is 2.12. The van der Waals surface area contributed by atoms with Crippen molar-refractivity contribution in [1.82, 2.24) is 5.32 Å². The minimum atomic E-state index is 0.0541. The van der Waals surface area contributed by atoms with Gasteiger partial charge < -0.3 is 15.5 Å². The van der Waals surface area contributed by atoms with Gasteiger partial charge in [0.2, 0.25) is 0 Å². The van der Waals surface area contributed by atoms with Gasteiger partial charge in [-0.2, -0.15) is 0 Å². The standard InChI is InChI=1S/C12H18BrNO2/c1-8(2)11(7-15)14-6-9-5-10(13)3-4-12(9)16/h3-5,8,11,14-16H,6-7H2,1-2H3. The van der Waals surface area contributed by atoms with Crippen molar-refractivity contribution in [3.63, 3.8) is 0 Å². The van der Waals surface area contributed by atoms with E-state index in [0.29, 0.717) is 12.5 Å². The number of aliphatic hydroxyl groups is 1. The second-order valence-corrected chi connectivity index (χ2v) is 5.10. The van der Waals surface area contributed by atoms with Gasteiger partial charge in [0, 0.05) is 22.6 Å². The molecule has 1 unspecified atom stereocenters. The van der Waals surface area contributed by atoms with E-state index in [9.17, 15) is 5.11 Å². The molecule has 0 radical (unpaired) electrons. The van der Waals surface area contributed by atoms with Gasteiger partial charge in [0.05, 0.1) is 6.61 Å². The van der Waals surface area contributed by atoms with Crippen LogP contribution in [0.4, 0.5) is 0 Å². The summed E-state index contributed by atoms with van der Waals surface area (Å²) in [6, 6.07) is 5.38. The number of phenols is 1. The van der Waals surface area contributed by atoms with E-state index in [1.165, 1.54) is 0 Å². The van der Waals surface area contributed by atoms with Crippen LogP contribution in [0.15, 0.2) is 22.7 Å². The summed E-state index contributed by atoms with van der Waals surface area (Å²) in [5.74, 6) is 0.635. The van der Waals surface area contributed by atoms with Crippen molar-refractivity contribution >= 4 is 15.9 Å². The Morgan fingerprint density at radius 1 is 1.38 bits per heavy atom. The van der Waals surface area contributed by atoms with Gasteiger partial charge in [0.15, 0.2) is 0 Å². The van der Waals surface area contributed by atoms with Crippen LogP contribution in [0.5, 0.6) is 5.75 Å². The van der Waals surface area contributed by atoms with Gasteiger partial charge in [-0.15, -0.1) is 0 Å². The summed E-state index contributed by atoms with van der Waals surface area (Å²) in [6.45, 7) is 4.75. The van der Waals surface area contributed by atoms with Crippen LogP contribution in [0.1, 0.15) is 19.4 Å². The van der Waals surface area contributed by atoms with Gasteiger partial charge in [-0.1, -0.05) is 29.8 Å². The highest BCUT2D eigenvalue weighted by Crippen LogP contribution is 2.21. The van der Waals surface area contributed by atoms with E-state index >= 15 is 0 Å². The lowest BCUT2D eigenvalue weighted by Gasteiger charge is -2.20. The fourth-order valence-corrected chi connectivity index (χ4v) is 1.86. The Morgan fingerprint density at radius 2 is 2.06 bits per heavy atom. The largest absolute Gasteiger partial charge is 0.508 e. The maximum absolute atomic E-state index is 9.64. The van der Waals surface area contributed by atoms with Crippen molar-refractivity contribution in [3.05, 3.63) is 28.2 Å². The molecule has 1 aromatic rings. The third-order valence-electron chi connectivity index (χ3n) is 2.60. The SMILES string of the molecule is CC(C)C(CO)NCc1cc(Br)ccc1O. The first-order valence-electron chi connectivity index (χ1n) is 5.36. The first-order chi connectivity index (χ1) is 7.54. The molecule has 0 fully saturated rings. The van der Waals surface area contributed by atoms with Crippen molar-refractivity contribution < 1.29 is 10.2 Å². The summed E-state index contributed by atoms with van der Waals surface area (Å²) in [6.07, 6.45) is 0. The number of aromatic hydroxyl groups is 1. The molecule has 0 aromatic heterocycles. The van der Waals surface area contributed by atoms with Crippen molar-refractivity contribution in [2.45, 2.75) is 26.4 Å². The van der Waals surface area contributed by atoms with E-state index in [2.05, 4.69) is 35.1 Å². The maximum Gasteiger partial charge on any atom is 0.120 e. The minimum Gasteiger partial charge on any atom is -0.508 e. The summed E-state index contributed by atoms with van der Waals surface area (Å²) >= 11 is 3.36. The molecule has 16 heavy (non-hydrogen) atoms.